The zero-order chi connectivity index (χ0) is 12.0. The lowest BCUT2D eigenvalue weighted by molar-refractivity contribution is -0.115. The first-order valence-corrected chi connectivity index (χ1v) is 5.73. The second-order valence-electron chi connectivity index (χ2n) is 3.11. The van der Waals surface area contributed by atoms with Gasteiger partial charge >= 0.3 is 0 Å². The number of hydrogen-bond donors (Lipinski definition) is 1. The summed E-state index contributed by atoms with van der Waals surface area (Å²) in [6.45, 7) is 1.72. The summed E-state index contributed by atoms with van der Waals surface area (Å²) in [4.78, 5) is 11.6. The molecule has 0 saturated heterocycles. The first-order valence-electron chi connectivity index (χ1n) is 4.68. The third kappa shape index (κ3) is 3.91. The fourth-order valence-corrected chi connectivity index (χ4v) is 1.55. The van der Waals surface area contributed by atoms with Crippen molar-refractivity contribution in [2.75, 3.05) is 11.1 Å². The van der Waals surface area contributed by atoms with E-state index in [1.165, 1.54) is 36.0 Å². The van der Waals surface area contributed by atoms with Crippen molar-refractivity contribution in [1.82, 2.24) is 0 Å². The summed E-state index contributed by atoms with van der Waals surface area (Å²) in [5.74, 6) is -0.255. The van der Waals surface area contributed by atoms with Gasteiger partial charge in [-0.3, -0.25) is 4.79 Å². The van der Waals surface area contributed by atoms with Gasteiger partial charge in [0.2, 0.25) is 5.91 Å². The van der Waals surface area contributed by atoms with Gasteiger partial charge in [-0.15, -0.1) is 11.8 Å². The second kappa shape index (κ2) is 6.13. The van der Waals surface area contributed by atoms with Crippen molar-refractivity contribution < 1.29 is 9.18 Å². The Labute approximate surface area is 97.6 Å². The lowest BCUT2D eigenvalue weighted by atomic mass is 10.3. The fourth-order valence-electron chi connectivity index (χ4n) is 1.02. The van der Waals surface area contributed by atoms with Crippen LogP contribution in [0.5, 0.6) is 0 Å². The number of carbonyl (C=O) groups is 1. The predicted molar refractivity (Wildman–Crippen MR) is 62.6 cm³/mol. The van der Waals surface area contributed by atoms with E-state index in [2.05, 4.69) is 5.32 Å². The lowest BCUT2D eigenvalue weighted by Crippen LogP contribution is -2.22. The number of carbonyl (C=O) groups excluding carboxylic acids is 1. The van der Waals surface area contributed by atoms with Crippen LogP contribution in [-0.2, 0) is 4.79 Å². The molecule has 16 heavy (non-hydrogen) atoms. The van der Waals surface area contributed by atoms with Gasteiger partial charge in [0.05, 0.1) is 17.1 Å². The number of hydrogen-bond acceptors (Lipinski definition) is 3. The first kappa shape index (κ1) is 12.5. The van der Waals surface area contributed by atoms with Gasteiger partial charge in [-0.05, 0) is 31.2 Å². The normalized spacial score (nSPS) is 11.6. The lowest BCUT2D eigenvalue weighted by Gasteiger charge is -2.09. The average molecular weight is 238 g/mol. The van der Waals surface area contributed by atoms with Crippen LogP contribution in [0.1, 0.15) is 6.92 Å². The van der Waals surface area contributed by atoms with Crippen LogP contribution in [0, 0.1) is 17.1 Å². The molecule has 1 unspecified atom stereocenters. The number of amides is 1. The Morgan fingerprint density at radius 3 is 2.75 bits per heavy atom. The molecule has 1 aromatic rings. The quantitative estimate of drug-likeness (QED) is 0.876. The zero-order valence-corrected chi connectivity index (χ0v) is 9.55. The van der Waals surface area contributed by atoms with Crippen molar-refractivity contribution in [2.24, 2.45) is 0 Å². The van der Waals surface area contributed by atoms with Crippen molar-refractivity contribution in [3.63, 3.8) is 0 Å². The second-order valence-corrected chi connectivity index (χ2v) is 4.44. The summed E-state index contributed by atoms with van der Waals surface area (Å²) in [5, 5.41) is 10.7. The Bertz CT molecular complexity index is 399. The summed E-state index contributed by atoms with van der Waals surface area (Å²) in [7, 11) is 0. The maximum Gasteiger partial charge on any atom is 0.237 e. The van der Waals surface area contributed by atoms with Crippen LogP contribution in [-0.4, -0.2) is 16.9 Å². The van der Waals surface area contributed by atoms with Gasteiger partial charge in [0, 0.05) is 5.69 Å². The molecule has 5 heteroatoms. The Hall–Kier alpha value is -1.54. The van der Waals surface area contributed by atoms with Crippen molar-refractivity contribution in [3.8, 4) is 6.07 Å². The minimum absolute atomic E-state index is 0.188. The van der Waals surface area contributed by atoms with Gasteiger partial charge in [-0.1, -0.05) is 0 Å². The Kier molecular flexibility index (Phi) is 4.80. The highest BCUT2D eigenvalue weighted by atomic mass is 32.2. The maximum atomic E-state index is 12.6. The topological polar surface area (TPSA) is 52.9 Å². The molecule has 0 aliphatic carbocycles. The SMILES string of the molecule is CC(SCC#N)C(=O)Nc1ccc(F)cc1. The first-order chi connectivity index (χ1) is 7.63. The number of rotatable bonds is 4. The molecule has 0 aromatic heterocycles. The molecule has 0 heterocycles. The number of nitriles is 1. The van der Waals surface area contributed by atoms with Crippen molar-refractivity contribution in [3.05, 3.63) is 30.1 Å². The van der Waals surface area contributed by atoms with Crippen LogP contribution < -0.4 is 5.32 Å². The minimum Gasteiger partial charge on any atom is -0.325 e. The molecule has 84 valence electrons. The molecule has 0 radical (unpaired) electrons. The van der Waals surface area contributed by atoms with E-state index in [0.717, 1.165) is 0 Å². The molecule has 0 aliphatic heterocycles. The highest BCUT2D eigenvalue weighted by Gasteiger charge is 2.12. The summed E-state index contributed by atoms with van der Waals surface area (Å²) in [5.41, 5.74) is 0.552. The van der Waals surface area contributed by atoms with Crippen LogP contribution in [0.4, 0.5) is 10.1 Å². The van der Waals surface area contributed by atoms with Gasteiger partial charge in [-0.2, -0.15) is 5.26 Å². The van der Waals surface area contributed by atoms with Crippen molar-refractivity contribution >= 4 is 23.4 Å². The molecule has 3 nitrogen and oxygen atoms in total. The third-order valence-electron chi connectivity index (χ3n) is 1.88. The van der Waals surface area contributed by atoms with E-state index >= 15 is 0 Å². The molecule has 0 saturated carbocycles. The molecule has 1 atom stereocenters. The molecule has 0 aliphatic rings. The van der Waals surface area contributed by atoms with Crippen LogP contribution in [0.15, 0.2) is 24.3 Å². The van der Waals surface area contributed by atoms with Crippen LogP contribution in [0.2, 0.25) is 0 Å². The number of thioether (sulfide) groups is 1. The van der Waals surface area contributed by atoms with Crippen molar-refractivity contribution in [2.45, 2.75) is 12.2 Å². The van der Waals surface area contributed by atoms with Crippen LogP contribution in [0.25, 0.3) is 0 Å². The molecule has 1 N–H and O–H groups in total. The monoisotopic (exact) mass is 238 g/mol. The van der Waals surface area contributed by atoms with Gasteiger partial charge < -0.3 is 5.32 Å². The number of benzene rings is 1. The van der Waals surface area contributed by atoms with Crippen LogP contribution in [0.3, 0.4) is 0 Å². The fraction of sp³-hybridized carbons (Fsp3) is 0.273. The van der Waals surface area contributed by atoms with Crippen LogP contribution >= 0.6 is 11.8 Å². The summed E-state index contributed by atoms with van der Waals surface area (Å²) in [6, 6.07) is 7.51. The van der Waals surface area contributed by atoms with Gasteiger partial charge in [0.15, 0.2) is 0 Å². The van der Waals surface area contributed by atoms with Crippen molar-refractivity contribution in [1.29, 1.82) is 5.26 Å². The van der Waals surface area contributed by atoms with E-state index in [9.17, 15) is 9.18 Å². The highest BCUT2D eigenvalue weighted by Crippen LogP contribution is 2.13. The van der Waals surface area contributed by atoms with E-state index < -0.39 is 0 Å². The van der Waals surface area contributed by atoms with E-state index in [1.54, 1.807) is 6.92 Å². The molecule has 1 aromatic carbocycles. The summed E-state index contributed by atoms with van der Waals surface area (Å²) in [6.07, 6.45) is 0. The third-order valence-corrected chi connectivity index (χ3v) is 2.89. The molecular weight excluding hydrogens is 227 g/mol. The van der Waals surface area contributed by atoms with Gasteiger partial charge in [0.1, 0.15) is 5.82 Å². The molecule has 0 spiro atoms. The molecule has 0 bridgehead atoms. The van der Waals surface area contributed by atoms with E-state index in [4.69, 9.17) is 5.26 Å². The average Bonchev–Trinajstić information content (AvgIpc) is 2.29. The Morgan fingerprint density at radius 1 is 1.56 bits per heavy atom. The standard InChI is InChI=1S/C11H11FN2OS/c1-8(16-7-6-13)11(15)14-10-4-2-9(12)3-5-10/h2-5,8H,7H2,1H3,(H,14,15). The van der Waals surface area contributed by atoms with E-state index in [1.807, 2.05) is 6.07 Å². The number of anilines is 1. The molecule has 1 amide bonds. The molecular formula is C11H11FN2OS. The minimum atomic E-state index is -0.343. The predicted octanol–water partition coefficient (Wildman–Crippen LogP) is 2.41. The van der Waals surface area contributed by atoms with E-state index in [0.29, 0.717) is 5.69 Å². The highest BCUT2D eigenvalue weighted by molar-refractivity contribution is 8.00. The molecule has 1 rings (SSSR count). The number of nitrogens with one attached hydrogen (secondary N) is 1. The zero-order valence-electron chi connectivity index (χ0n) is 8.74. The Morgan fingerprint density at radius 2 is 2.19 bits per heavy atom. The Balaban J connectivity index is 2.51. The molecule has 0 fully saturated rings. The smallest absolute Gasteiger partial charge is 0.237 e. The summed E-state index contributed by atoms with van der Waals surface area (Å²) < 4.78 is 12.6. The maximum absolute atomic E-state index is 12.6. The number of halogens is 1. The summed E-state index contributed by atoms with van der Waals surface area (Å²) >= 11 is 1.26. The number of nitrogens with zero attached hydrogens (tertiary/aromatic N) is 1. The van der Waals surface area contributed by atoms with Gasteiger partial charge in [-0.25, -0.2) is 4.39 Å². The van der Waals surface area contributed by atoms with E-state index in [-0.39, 0.29) is 22.7 Å². The largest absolute Gasteiger partial charge is 0.325 e. The van der Waals surface area contributed by atoms with Gasteiger partial charge in [0.25, 0.3) is 0 Å².